The summed E-state index contributed by atoms with van der Waals surface area (Å²) >= 11 is 5.86. The van der Waals surface area contributed by atoms with Gasteiger partial charge in [0, 0.05) is 5.56 Å². The van der Waals surface area contributed by atoms with Gasteiger partial charge in [0.15, 0.2) is 0 Å². The first-order valence-corrected chi connectivity index (χ1v) is 6.02. The Labute approximate surface area is 118 Å². The molecule has 2 rings (SSSR count). The zero-order valence-electron chi connectivity index (χ0n) is 10.1. The maximum atomic E-state index is 12.8. The van der Waals surface area contributed by atoms with Gasteiger partial charge >= 0.3 is 6.18 Å². The number of aromatic hydroxyl groups is 1. The SMILES string of the molecule is Oc1ccc(COc2ccccc2C(F)(F)F)c(Cl)c1. The van der Waals surface area contributed by atoms with Crippen LogP contribution >= 0.6 is 11.6 Å². The minimum Gasteiger partial charge on any atom is -0.508 e. The van der Waals surface area contributed by atoms with Crippen LogP contribution in [0.3, 0.4) is 0 Å². The van der Waals surface area contributed by atoms with Crippen molar-refractivity contribution >= 4 is 11.6 Å². The lowest BCUT2D eigenvalue weighted by Gasteiger charge is -2.14. The van der Waals surface area contributed by atoms with Gasteiger partial charge in [0.2, 0.25) is 0 Å². The van der Waals surface area contributed by atoms with Crippen LogP contribution in [0.15, 0.2) is 42.5 Å². The highest BCUT2D eigenvalue weighted by molar-refractivity contribution is 6.31. The Balaban J connectivity index is 2.19. The van der Waals surface area contributed by atoms with Crippen LogP contribution < -0.4 is 4.74 Å². The number of hydrogen-bond donors (Lipinski definition) is 1. The minimum atomic E-state index is -4.48. The van der Waals surface area contributed by atoms with Crippen LogP contribution in [0.1, 0.15) is 11.1 Å². The summed E-state index contributed by atoms with van der Waals surface area (Å²) in [6.45, 7) is -0.119. The molecule has 106 valence electrons. The topological polar surface area (TPSA) is 29.5 Å². The number of halogens is 4. The highest BCUT2D eigenvalue weighted by Crippen LogP contribution is 2.36. The molecule has 6 heteroatoms. The third-order valence-electron chi connectivity index (χ3n) is 2.61. The molecule has 0 amide bonds. The predicted octanol–water partition coefficient (Wildman–Crippen LogP) is 4.64. The molecule has 0 fully saturated rings. The molecule has 0 aliphatic heterocycles. The van der Waals surface area contributed by atoms with Crippen molar-refractivity contribution in [1.29, 1.82) is 0 Å². The van der Waals surface area contributed by atoms with Crippen molar-refractivity contribution in [2.24, 2.45) is 0 Å². The maximum Gasteiger partial charge on any atom is 0.419 e. The van der Waals surface area contributed by atoms with Crippen LogP contribution in [0, 0.1) is 0 Å². The molecule has 0 saturated carbocycles. The zero-order chi connectivity index (χ0) is 14.8. The number of phenols is 1. The summed E-state index contributed by atoms with van der Waals surface area (Å²) in [7, 11) is 0. The predicted molar refractivity (Wildman–Crippen MR) is 68.9 cm³/mol. The molecular weight excluding hydrogens is 293 g/mol. The smallest absolute Gasteiger partial charge is 0.419 e. The second kappa shape index (κ2) is 5.63. The highest BCUT2D eigenvalue weighted by atomic mass is 35.5. The first kappa shape index (κ1) is 14.5. The Morgan fingerprint density at radius 3 is 2.45 bits per heavy atom. The average molecular weight is 303 g/mol. The van der Waals surface area contributed by atoms with E-state index in [4.69, 9.17) is 16.3 Å². The van der Waals surface area contributed by atoms with Crippen molar-refractivity contribution in [2.45, 2.75) is 12.8 Å². The fourth-order valence-electron chi connectivity index (χ4n) is 1.64. The normalized spacial score (nSPS) is 11.4. The molecule has 20 heavy (non-hydrogen) atoms. The van der Waals surface area contributed by atoms with Gasteiger partial charge in [-0.05, 0) is 24.3 Å². The molecule has 2 nitrogen and oxygen atoms in total. The molecule has 0 bridgehead atoms. The summed E-state index contributed by atoms with van der Waals surface area (Å²) in [5, 5.41) is 9.43. The number of para-hydroxylation sites is 1. The van der Waals surface area contributed by atoms with Crippen molar-refractivity contribution < 1.29 is 23.0 Å². The van der Waals surface area contributed by atoms with E-state index in [-0.39, 0.29) is 23.1 Å². The van der Waals surface area contributed by atoms with Gasteiger partial charge < -0.3 is 9.84 Å². The number of phenolic OH excluding ortho intramolecular Hbond substituents is 1. The lowest BCUT2D eigenvalue weighted by Crippen LogP contribution is -2.08. The van der Waals surface area contributed by atoms with Crippen LogP contribution in [-0.2, 0) is 12.8 Å². The third-order valence-corrected chi connectivity index (χ3v) is 2.96. The highest BCUT2D eigenvalue weighted by Gasteiger charge is 2.34. The van der Waals surface area contributed by atoms with Crippen LogP contribution in [-0.4, -0.2) is 5.11 Å². The maximum absolute atomic E-state index is 12.8. The first-order chi connectivity index (χ1) is 9.38. The molecule has 0 saturated heterocycles. The van der Waals surface area contributed by atoms with E-state index in [0.717, 1.165) is 6.07 Å². The summed E-state index contributed by atoms with van der Waals surface area (Å²) < 4.78 is 43.5. The first-order valence-electron chi connectivity index (χ1n) is 5.64. The molecule has 0 spiro atoms. The molecule has 0 aliphatic carbocycles. The molecule has 0 aromatic heterocycles. The van der Waals surface area contributed by atoms with Gasteiger partial charge in [-0.15, -0.1) is 0 Å². The second-order valence-electron chi connectivity index (χ2n) is 4.06. The Kier molecular flexibility index (Phi) is 4.09. The van der Waals surface area contributed by atoms with Gasteiger partial charge in [-0.3, -0.25) is 0 Å². The van der Waals surface area contributed by atoms with Gasteiger partial charge in [-0.1, -0.05) is 29.8 Å². The largest absolute Gasteiger partial charge is 0.508 e. The fraction of sp³-hybridized carbons (Fsp3) is 0.143. The van der Waals surface area contributed by atoms with Crippen molar-refractivity contribution in [3.05, 3.63) is 58.6 Å². The summed E-state index contributed by atoms with van der Waals surface area (Å²) in [4.78, 5) is 0. The lowest BCUT2D eigenvalue weighted by molar-refractivity contribution is -0.139. The van der Waals surface area contributed by atoms with E-state index in [1.54, 1.807) is 0 Å². The Morgan fingerprint density at radius 2 is 1.80 bits per heavy atom. The van der Waals surface area contributed by atoms with E-state index < -0.39 is 11.7 Å². The summed E-state index contributed by atoms with van der Waals surface area (Å²) in [6.07, 6.45) is -4.48. The number of benzene rings is 2. The second-order valence-corrected chi connectivity index (χ2v) is 4.47. The van der Waals surface area contributed by atoms with Crippen LogP contribution in [0.2, 0.25) is 5.02 Å². The van der Waals surface area contributed by atoms with Crippen molar-refractivity contribution in [2.75, 3.05) is 0 Å². The van der Waals surface area contributed by atoms with Crippen molar-refractivity contribution in [1.82, 2.24) is 0 Å². The standard InChI is InChI=1S/C14H10ClF3O2/c15-12-7-10(19)6-5-9(12)8-20-13-4-2-1-3-11(13)14(16,17)18/h1-7,19H,8H2. The van der Waals surface area contributed by atoms with E-state index in [1.165, 1.54) is 36.4 Å². The van der Waals surface area contributed by atoms with E-state index in [2.05, 4.69) is 0 Å². The van der Waals surface area contributed by atoms with E-state index in [1.807, 2.05) is 0 Å². The van der Waals surface area contributed by atoms with Crippen LogP contribution in [0.4, 0.5) is 13.2 Å². The fourth-order valence-corrected chi connectivity index (χ4v) is 1.86. The average Bonchev–Trinajstić information content (AvgIpc) is 2.37. The molecular formula is C14H10ClF3O2. The Hall–Kier alpha value is -1.88. The molecule has 0 heterocycles. The Morgan fingerprint density at radius 1 is 1.10 bits per heavy atom. The number of hydrogen-bond acceptors (Lipinski definition) is 2. The van der Waals surface area contributed by atoms with Crippen molar-refractivity contribution in [3.8, 4) is 11.5 Å². The summed E-state index contributed by atoms with van der Waals surface area (Å²) in [5.41, 5.74) is -0.351. The molecule has 0 radical (unpaired) electrons. The number of alkyl halides is 3. The van der Waals surface area contributed by atoms with E-state index >= 15 is 0 Å². The summed E-state index contributed by atoms with van der Waals surface area (Å²) in [5.74, 6) is -0.279. The zero-order valence-corrected chi connectivity index (χ0v) is 10.9. The van der Waals surface area contributed by atoms with Gasteiger partial charge in [0.05, 0.1) is 10.6 Å². The summed E-state index contributed by atoms with van der Waals surface area (Å²) in [6, 6.07) is 9.14. The lowest BCUT2D eigenvalue weighted by atomic mass is 10.2. The molecule has 2 aromatic rings. The molecule has 1 N–H and O–H groups in total. The van der Waals surface area contributed by atoms with Gasteiger partial charge in [0.1, 0.15) is 18.1 Å². The van der Waals surface area contributed by atoms with Crippen LogP contribution in [0.25, 0.3) is 0 Å². The molecule has 0 atom stereocenters. The molecule has 0 aliphatic rings. The Bertz CT molecular complexity index is 612. The molecule has 0 unspecified atom stereocenters. The third kappa shape index (κ3) is 3.36. The van der Waals surface area contributed by atoms with E-state index in [0.29, 0.717) is 5.56 Å². The van der Waals surface area contributed by atoms with Crippen LogP contribution in [0.5, 0.6) is 11.5 Å². The number of rotatable bonds is 3. The quantitative estimate of drug-likeness (QED) is 0.894. The molecule has 2 aromatic carbocycles. The van der Waals surface area contributed by atoms with Gasteiger partial charge in [0.25, 0.3) is 0 Å². The van der Waals surface area contributed by atoms with Gasteiger partial charge in [-0.2, -0.15) is 13.2 Å². The minimum absolute atomic E-state index is 0.0190. The monoisotopic (exact) mass is 302 g/mol. The number of ether oxygens (including phenoxy) is 1. The van der Waals surface area contributed by atoms with Gasteiger partial charge in [-0.25, -0.2) is 0 Å². The van der Waals surface area contributed by atoms with E-state index in [9.17, 15) is 18.3 Å². The van der Waals surface area contributed by atoms with Crippen molar-refractivity contribution in [3.63, 3.8) is 0 Å².